The molecule has 1 aromatic heterocycles. The van der Waals surface area contributed by atoms with Gasteiger partial charge in [0.15, 0.2) is 0 Å². The minimum atomic E-state index is 0.0254. The summed E-state index contributed by atoms with van der Waals surface area (Å²) in [5.74, 6) is 0.990. The maximum atomic E-state index is 5.80. The minimum absolute atomic E-state index is 0.0254. The fourth-order valence-electron chi connectivity index (χ4n) is 3.26. The third-order valence-corrected chi connectivity index (χ3v) is 5.13. The highest BCUT2D eigenvalue weighted by atomic mass is 79.9. The van der Waals surface area contributed by atoms with Crippen LogP contribution in [-0.4, -0.2) is 6.54 Å². The molecule has 0 aliphatic carbocycles. The minimum Gasteiger partial charge on any atom is -0.466 e. The number of furan rings is 1. The molecule has 0 bridgehead atoms. The lowest BCUT2D eigenvalue weighted by Crippen LogP contribution is -2.41. The van der Waals surface area contributed by atoms with Crippen molar-refractivity contribution in [2.24, 2.45) is 0 Å². The van der Waals surface area contributed by atoms with Gasteiger partial charge in [-0.1, -0.05) is 51.1 Å². The van der Waals surface area contributed by atoms with Crippen molar-refractivity contribution >= 4 is 15.9 Å². The number of hydrogen-bond donors (Lipinski definition) is 1. The van der Waals surface area contributed by atoms with Gasteiger partial charge in [0.05, 0.1) is 16.8 Å². The highest BCUT2D eigenvalue weighted by Crippen LogP contribution is 2.45. The maximum absolute atomic E-state index is 5.80. The third kappa shape index (κ3) is 3.09. The summed E-state index contributed by atoms with van der Waals surface area (Å²) in [4.78, 5) is 0. The summed E-state index contributed by atoms with van der Waals surface area (Å²) >= 11 is 3.63. The van der Waals surface area contributed by atoms with Crippen LogP contribution in [0.1, 0.15) is 51.0 Å². The Labute approximate surface area is 136 Å². The van der Waals surface area contributed by atoms with Crippen LogP contribution >= 0.6 is 15.9 Å². The Morgan fingerprint density at radius 2 is 1.76 bits per heavy atom. The molecule has 0 aliphatic rings. The molecule has 0 saturated carbocycles. The molecule has 1 unspecified atom stereocenters. The van der Waals surface area contributed by atoms with E-state index in [1.165, 1.54) is 5.56 Å². The van der Waals surface area contributed by atoms with Crippen LogP contribution in [0, 0.1) is 0 Å². The van der Waals surface area contributed by atoms with Crippen LogP contribution < -0.4 is 5.32 Å². The standard InChI is InChI=1S/C18H24BrNO/c1-4-18(5-2,14-10-8-7-9-11-14)17(20-6-3)16-15(19)12-13-21-16/h7-13,17,20H,4-6H2,1-3H3. The average Bonchev–Trinajstić information content (AvgIpc) is 2.95. The van der Waals surface area contributed by atoms with Gasteiger partial charge in [-0.15, -0.1) is 0 Å². The Balaban J connectivity index is 2.54. The van der Waals surface area contributed by atoms with Crippen molar-refractivity contribution in [3.05, 3.63) is 58.5 Å². The maximum Gasteiger partial charge on any atom is 0.135 e. The van der Waals surface area contributed by atoms with Gasteiger partial charge in [0.1, 0.15) is 5.76 Å². The number of hydrogen-bond acceptors (Lipinski definition) is 2. The van der Waals surface area contributed by atoms with Gasteiger partial charge in [0.2, 0.25) is 0 Å². The number of nitrogens with one attached hydrogen (secondary N) is 1. The Morgan fingerprint density at radius 1 is 1.10 bits per heavy atom. The second kappa shape index (κ2) is 7.28. The fraction of sp³-hybridized carbons (Fsp3) is 0.444. The number of likely N-dealkylation sites (N-methyl/N-ethyl adjacent to an activating group) is 1. The molecule has 0 saturated heterocycles. The smallest absolute Gasteiger partial charge is 0.135 e. The molecule has 1 N–H and O–H groups in total. The van der Waals surface area contributed by atoms with E-state index in [0.29, 0.717) is 0 Å². The zero-order chi connectivity index (χ0) is 15.3. The lowest BCUT2D eigenvalue weighted by atomic mass is 9.69. The summed E-state index contributed by atoms with van der Waals surface area (Å²) in [7, 11) is 0. The fourth-order valence-corrected chi connectivity index (χ4v) is 3.69. The molecule has 2 rings (SSSR count). The summed E-state index contributed by atoms with van der Waals surface area (Å²) in [6, 6.07) is 12.9. The zero-order valence-corrected chi connectivity index (χ0v) is 14.6. The van der Waals surface area contributed by atoms with Gasteiger partial charge >= 0.3 is 0 Å². The van der Waals surface area contributed by atoms with Crippen molar-refractivity contribution in [2.45, 2.75) is 45.1 Å². The van der Waals surface area contributed by atoms with Crippen molar-refractivity contribution < 1.29 is 4.42 Å². The highest BCUT2D eigenvalue weighted by molar-refractivity contribution is 9.10. The molecule has 1 aromatic carbocycles. The molecule has 3 heteroatoms. The largest absolute Gasteiger partial charge is 0.466 e. The lowest BCUT2D eigenvalue weighted by molar-refractivity contribution is 0.243. The van der Waals surface area contributed by atoms with Gasteiger partial charge in [-0.05, 0) is 46.9 Å². The van der Waals surface area contributed by atoms with Crippen LogP contribution in [0.15, 0.2) is 51.6 Å². The van der Waals surface area contributed by atoms with Gasteiger partial charge in [0, 0.05) is 5.41 Å². The van der Waals surface area contributed by atoms with Crippen LogP contribution in [0.2, 0.25) is 0 Å². The summed E-state index contributed by atoms with van der Waals surface area (Å²) in [5.41, 5.74) is 1.39. The predicted octanol–water partition coefficient (Wildman–Crippen LogP) is 5.45. The molecule has 2 nitrogen and oxygen atoms in total. The molecule has 2 aromatic rings. The molecule has 21 heavy (non-hydrogen) atoms. The van der Waals surface area contributed by atoms with E-state index in [1.54, 1.807) is 6.26 Å². The van der Waals surface area contributed by atoms with Crippen LogP contribution in [0.5, 0.6) is 0 Å². The molecule has 0 fully saturated rings. The first kappa shape index (κ1) is 16.3. The van der Waals surface area contributed by atoms with Gasteiger partial charge in [-0.25, -0.2) is 0 Å². The Bertz CT molecular complexity index is 545. The van der Waals surface area contributed by atoms with Crippen LogP contribution in [0.25, 0.3) is 0 Å². The molecule has 1 heterocycles. The number of rotatable bonds is 7. The van der Waals surface area contributed by atoms with Crippen molar-refractivity contribution in [2.75, 3.05) is 6.54 Å². The summed E-state index contributed by atoms with van der Waals surface area (Å²) < 4.78 is 6.84. The van der Waals surface area contributed by atoms with Gasteiger partial charge in [-0.2, -0.15) is 0 Å². The molecular formula is C18H24BrNO. The van der Waals surface area contributed by atoms with Gasteiger partial charge < -0.3 is 9.73 Å². The third-order valence-electron chi connectivity index (χ3n) is 4.48. The monoisotopic (exact) mass is 349 g/mol. The van der Waals surface area contributed by atoms with Gasteiger partial charge in [-0.3, -0.25) is 0 Å². The molecule has 0 amide bonds. The zero-order valence-electron chi connectivity index (χ0n) is 13.0. The highest BCUT2D eigenvalue weighted by Gasteiger charge is 2.40. The molecular weight excluding hydrogens is 326 g/mol. The average molecular weight is 350 g/mol. The molecule has 1 atom stereocenters. The summed E-state index contributed by atoms with van der Waals surface area (Å²) in [6.45, 7) is 7.58. The normalized spacial score (nSPS) is 13.3. The van der Waals surface area contributed by atoms with Crippen LogP contribution in [0.4, 0.5) is 0 Å². The Hall–Kier alpha value is -1.06. The molecule has 114 valence electrons. The van der Waals surface area contributed by atoms with Crippen molar-refractivity contribution in [1.82, 2.24) is 5.32 Å². The van der Waals surface area contributed by atoms with E-state index in [4.69, 9.17) is 4.42 Å². The van der Waals surface area contributed by atoms with E-state index < -0.39 is 0 Å². The van der Waals surface area contributed by atoms with E-state index >= 15 is 0 Å². The number of benzene rings is 1. The second-order valence-electron chi connectivity index (χ2n) is 5.35. The molecule has 0 spiro atoms. The van der Waals surface area contributed by atoms with E-state index in [-0.39, 0.29) is 11.5 Å². The van der Waals surface area contributed by atoms with E-state index in [1.807, 2.05) is 6.07 Å². The van der Waals surface area contributed by atoms with E-state index in [9.17, 15) is 0 Å². The Morgan fingerprint density at radius 3 is 2.24 bits per heavy atom. The van der Waals surface area contributed by atoms with E-state index in [2.05, 4.69) is 72.3 Å². The van der Waals surface area contributed by atoms with Crippen molar-refractivity contribution in [1.29, 1.82) is 0 Å². The molecule has 0 aliphatic heterocycles. The number of halogens is 1. The quantitative estimate of drug-likeness (QED) is 0.718. The van der Waals surface area contributed by atoms with Gasteiger partial charge in [0.25, 0.3) is 0 Å². The van der Waals surface area contributed by atoms with Crippen LogP contribution in [-0.2, 0) is 5.41 Å². The van der Waals surface area contributed by atoms with Crippen LogP contribution in [0.3, 0.4) is 0 Å². The lowest BCUT2D eigenvalue weighted by Gasteiger charge is -2.40. The van der Waals surface area contributed by atoms with Crippen molar-refractivity contribution in [3.63, 3.8) is 0 Å². The van der Waals surface area contributed by atoms with Crippen molar-refractivity contribution in [3.8, 4) is 0 Å². The first-order chi connectivity index (χ1) is 10.2. The Kier molecular flexibility index (Phi) is 5.65. The predicted molar refractivity (Wildman–Crippen MR) is 91.5 cm³/mol. The molecule has 0 radical (unpaired) electrons. The topological polar surface area (TPSA) is 25.2 Å². The summed E-state index contributed by atoms with van der Waals surface area (Å²) in [5, 5.41) is 3.64. The first-order valence-electron chi connectivity index (χ1n) is 7.71. The first-order valence-corrected chi connectivity index (χ1v) is 8.50. The second-order valence-corrected chi connectivity index (χ2v) is 6.21. The summed E-state index contributed by atoms with van der Waals surface area (Å²) in [6.07, 6.45) is 3.86. The van der Waals surface area contributed by atoms with E-state index in [0.717, 1.165) is 29.6 Å². The SMILES string of the molecule is CCNC(c1occc1Br)C(CC)(CC)c1ccccc1.